The fourth-order valence-electron chi connectivity index (χ4n) is 3.42. The Morgan fingerprint density at radius 1 is 0.943 bits per heavy atom. The van der Waals surface area contributed by atoms with E-state index >= 15 is 0 Å². The lowest BCUT2D eigenvalue weighted by Crippen LogP contribution is -2.21. The lowest BCUT2D eigenvalue weighted by molar-refractivity contribution is 0.0955. The topological polar surface area (TPSA) is 95.7 Å². The number of thiophene rings is 1. The van der Waals surface area contributed by atoms with Crippen LogP contribution in [0, 0.1) is 0 Å². The first-order valence-electron chi connectivity index (χ1n) is 11.5. The molecule has 0 spiro atoms. The van der Waals surface area contributed by atoms with Gasteiger partial charge in [0.15, 0.2) is 11.5 Å². The van der Waals surface area contributed by atoms with Crippen LogP contribution in [0.1, 0.15) is 36.0 Å². The van der Waals surface area contributed by atoms with Crippen LogP contribution in [0.4, 0.5) is 0 Å². The molecule has 0 unspecified atom stereocenters. The molecule has 2 heterocycles. The number of aromatic nitrogens is 2. The molecule has 0 bridgehead atoms. The number of amides is 1. The van der Waals surface area contributed by atoms with Crippen LogP contribution < -0.4 is 19.5 Å². The third-order valence-electron chi connectivity index (χ3n) is 4.92. The number of benzene rings is 2. The summed E-state index contributed by atoms with van der Waals surface area (Å²) >= 11 is 1.30. The smallest absolute Gasteiger partial charge is 0.261 e. The molecule has 2 aromatic carbocycles. The van der Waals surface area contributed by atoms with E-state index in [1.165, 1.54) is 11.3 Å². The van der Waals surface area contributed by atoms with E-state index in [0.717, 1.165) is 16.0 Å². The van der Waals surface area contributed by atoms with Crippen molar-refractivity contribution in [1.82, 2.24) is 15.5 Å². The van der Waals surface area contributed by atoms with Crippen molar-refractivity contribution in [3.63, 3.8) is 0 Å². The fourth-order valence-corrected chi connectivity index (χ4v) is 4.26. The first-order chi connectivity index (χ1) is 17.1. The van der Waals surface area contributed by atoms with Crippen LogP contribution in [-0.4, -0.2) is 35.9 Å². The molecule has 8 nitrogen and oxygen atoms in total. The highest BCUT2D eigenvalue weighted by atomic mass is 32.1. The fraction of sp³-hybridized carbons (Fsp3) is 0.269. The van der Waals surface area contributed by atoms with Crippen LogP contribution in [0.3, 0.4) is 0 Å². The second-order valence-corrected chi connectivity index (χ2v) is 8.44. The van der Waals surface area contributed by atoms with Crippen LogP contribution in [0.2, 0.25) is 0 Å². The molecule has 4 rings (SSSR count). The van der Waals surface area contributed by atoms with Crippen molar-refractivity contribution in [3.8, 4) is 39.4 Å². The van der Waals surface area contributed by atoms with Crippen LogP contribution in [-0.2, 0) is 6.54 Å². The number of hydrogen-bond donors (Lipinski definition) is 1. The zero-order chi connectivity index (χ0) is 24.6. The standard InChI is InChI=1S/C26H27N3O5S/c1-4-31-19-14-17(15-20(32-5-2)23(19)33-6-3)16-27-25(30)22-13-12-21(35-22)24-28-26(34-29-24)18-10-8-7-9-11-18/h7-15H,4-6,16H2,1-3H3,(H,27,30). The zero-order valence-corrected chi connectivity index (χ0v) is 20.7. The summed E-state index contributed by atoms with van der Waals surface area (Å²) in [6.07, 6.45) is 0. The highest BCUT2D eigenvalue weighted by Crippen LogP contribution is 2.39. The van der Waals surface area contributed by atoms with Gasteiger partial charge in [-0.1, -0.05) is 23.4 Å². The van der Waals surface area contributed by atoms with E-state index in [-0.39, 0.29) is 5.91 Å². The minimum Gasteiger partial charge on any atom is -0.490 e. The average Bonchev–Trinajstić information content (AvgIpc) is 3.56. The minimum atomic E-state index is -0.196. The van der Waals surface area contributed by atoms with Crippen molar-refractivity contribution in [2.45, 2.75) is 27.3 Å². The highest BCUT2D eigenvalue weighted by Gasteiger charge is 2.18. The molecule has 0 atom stereocenters. The predicted molar refractivity (Wildman–Crippen MR) is 134 cm³/mol. The maximum Gasteiger partial charge on any atom is 0.261 e. The summed E-state index contributed by atoms with van der Waals surface area (Å²) in [6, 6.07) is 16.8. The van der Waals surface area contributed by atoms with Gasteiger partial charge in [0.1, 0.15) is 0 Å². The van der Waals surface area contributed by atoms with Crippen molar-refractivity contribution in [2.24, 2.45) is 0 Å². The van der Waals surface area contributed by atoms with Gasteiger partial charge < -0.3 is 24.1 Å². The van der Waals surface area contributed by atoms with Gasteiger partial charge in [-0.2, -0.15) is 4.98 Å². The van der Waals surface area contributed by atoms with E-state index in [9.17, 15) is 4.79 Å². The van der Waals surface area contributed by atoms with E-state index in [4.69, 9.17) is 18.7 Å². The Balaban J connectivity index is 1.46. The number of ether oxygens (including phenoxy) is 3. The Morgan fingerprint density at radius 2 is 1.63 bits per heavy atom. The molecule has 1 amide bonds. The molecule has 0 fully saturated rings. The van der Waals surface area contributed by atoms with Gasteiger partial charge in [0.2, 0.25) is 11.6 Å². The van der Waals surface area contributed by atoms with Crippen molar-refractivity contribution in [2.75, 3.05) is 19.8 Å². The van der Waals surface area contributed by atoms with E-state index < -0.39 is 0 Å². The molecule has 35 heavy (non-hydrogen) atoms. The summed E-state index contributed by atoms with van der Waals surface area (Å²) in [5.41, 5.74) is 1.69. The van der Waals surface area contributed by atoms with Gasteiger partial charge >= 0.3 is 0 Å². The zero-order valence-electron chi connectivity index (χ0n) is 19.9. The van der Waals surface area contributed by atoms with Gasteiger partial charge in [0.05, 0.1) is 29.6 Å². The Hall–Kier alpha value is -3.85. The molecule has 0 aliphatic rings. The molecule has 9 heteroatoms. The van der Waals surface area contributed by atoms with Crippen LogP contribution in [0.15, 0.2) is 59.1 Å². The van der Waals surface area contributed by atoms with E-state index in [0.29, 0.717) is 60.2 Å². The summed E-state index contributed by atoms with van der Waals surface area (Å²) < 4.78 is 22.6. The summed E-state index contributed by atoms with van der Waals surface area (Å²) in [7, 11) is 0. The van der Waals surface area contributed by atoms with Crippen molar-refractivity contribution in [3.05, 3.63) is 65.0 Å². The van der Waals surface area contributed by atoms with E-state index in [2.05, 4.69) is 15.5 Å². The maximum absolute atomic E-state index is 12.8. The maximum atomic E-state index is 12.8. The van der Waals surface area contributed by atoms with Gasteiger partial charge in [0, 0.05) is 12.1 Å². The molecular formula is C26H27N3O5S. The Bertz CT molecular complexity index is 1240. The lowest BCUT2D eigenvalue weighted by atomic mass is 10.1. The molecule has 0 aliphatic heterocycles. The summed E-state index contributed by atoms with van der Waals surface area (Å²) in [6.45, 7) is 7.49. The Labute approximate surface area is 207 Å². The minimum absolute atomic E-state index is 0.196. The van der Waals surface area contributed by atoms with Crippen LogP contribution >= 0.6 is 11.3 Å². The van der Waals surface area contributed by atoms with Gasteiger partial charge in [-0.05, 0) is 62.7 Å². The second kappa shape index (κ2) is 11.5. The molecule has 182 valence electrons. The van der Waals surface area contributed by atoms with Gasteiger partial charge in [-0.15, -0.1) is 11.3 Å². The molecule has 0 aliphatic carbocycles. The normalized spacial score (nSPS) is 10.7. The second-order valence-electron chi connectivity index (χ2n) is 7.36. The first kappa shape index (κ1) is 24.3. The summed E-state index contributed by atoms with van der Waals surface area (Å²) in [5.74, 6) is 2.44. The van der Waals surface area contributed by atoms with E-state index in [1.54, 1.807) is 6.07 Å². The summed E-state index contributed by atoms with van der Waals surface area (Å²) in [5, 5.41) is 7.02. The predicted octanol–water partition coefficient (Wildman–Crippen LogP) is 5.59. The van der Waals surface area contributed by atoms with Crippen molar-refractivity contribution >= 4 is 17.2 Å². The number of rotatable bonds is 11. The molecule has 2 aromatic heterocycles. The summed E-state index contributed by atoms with van der Waals surface area (Å²) in [4.78, 5) is 18.6. The molecule has 4 aromatic rings. The Morgan fingerprint density at radius 3 is 2.29 bits per heavy atom. The third-order valence-corrected chi connectivity index (χ3v) is 6.00. The SMILES string of the molecule is CCOc1cc(CNC(=O)c2ccc(-c3noc(-c4ccccc4)n3)s2)cc(OCC)c1OCC. The van der Waals surface area contributed by atoms with Gasteiger partial charge in [-0.3, -0.25) is 4.79 Å². The number of nitrogens with zero attached hydrogens (tertiary/aromatic N) is 2. The number of carbonyl (C=O) groups excluding carboxylic acids is 1. The van der Waals surface area contributed by atoms with E-state index in [1.807, 2.05) is 69.3 Å². The molecule has 1 N–H and O–H groups in total. The van der Waals surface area contributed by atoms with Gasteiger partial charge in [-0.25, -0.2) is 0 Å². The molecular weight excluding hydrogens is 466 g/mol. The lowest BCUT2D eigenvalue weighted by Gasteiger charge is -2.17. The average molecular weight is 494 g/mol. The largest absolute Gasteiger partial charge is 0.490 e. The van der Waals surface area contributed by atoms with Gasteiger partial charge in [0.25, 0.3) is 11.8 Å². The number of carbonyl (C=O) groups is 1. The monoisotopic (exact) mass is 493 g/mol. The quantitative estimate of drug-likeness (QED) is 0.291. The molecule has 0 radical (unpaired) electrons. The highest BCUT2D eigenvalue weighted by molar-refractivity contribution is 7.17. The number of nitrogens with one attached hydrogen (secondary N) is 1. The number of hydrogen-bond acceptors (Lipinski definition) is 8. The van der Waals surface area contributed by atoms with Crippen molar-refractivity contribution < 1.29 is 23.5 Å². The van der Waals surface area contributed by atoms with Crippen molar-refractivity contribution in [1.29, 1.82) is 0 Å². The first-order valence-corrected chi connectivity index (χ1v) is 12.3. The molecule has 0 saturated carbocycles. The van der Waals surface area contributed by atoms with Crippen LogP contribution in [0.25, 0.3) is 22.2 Å². The molecule has 0 saturated heterocycles. The van der Waals surface area contributed by atoms with Crippen LogP contribution in [0.5, 0.6) is 17.2 Å². The third kappa shape index (κ3) is 5.81. The Kier molecular flexibility index (Phi) is 7.99.